The summed E-state index contributed by atoms with van der Waals surface area (Å²) >= 11 is 0. The van der Waals surface area contributed by atoms with Crippen LogP contribution in [0.15, 0.2) is 24.3 Å². The molecular formula is C19H30O2. The predicted molar refractivity (Wildman–Crippen MR) is 88.7 cm³/mol. The lowest BCUT2D eigenvalue weighted by Crippen LogP contribution is -1.94. The van der Waals surface area contributed by atoms with Crippen LogP contribution in [-0.2, 0) is 17.6 Å². The second kappa shape index (κ2) is 11.4. The van der Waals surface area contributed by atoms with Gasteiger partial charge in [0.25, 0.3) is 0 Å². The van der Waals surface area contributed by atoms with Crippen molar-refractivity contribution in [1.82, 2.24) is 0 Å². The highest BCUT2D eigenvalue weighted by Crippen LogP contribution is 2.13. The van der Waals surface area contributed by atoms with Crippen molar-refractivity contribution < 1.29 is 9.90 Å². The highest BCUT2D eigenvalue weighted by molar-refractivity contribution is 5.66. The van der Waals surface area contributed by atoms with Gasteiger partial charge in [-0.25, -0.2) is 0 Å². The van der Waals surface area contributed by atoms with Gasteiger partial charge in [0.2, 0.25) is 0 Å². The molecule has 2 nitrogen and oxygen atoms in total. The van der Waals surface area contributed by atoms with Crippen molar-refractivity contribution in [3.05, 3.63) is 35.4 Å². The van der Waals surface area contributed by atoms with E-state index in [0.717, 1.165) is 25.7 Å². The maximum atomic E-state index is 10.4. The largest absolute Gasteiger partial charge is 0.481 e. The summed E-state index contributed by atoms with van der Waals surface area (Å²) in [5.74, 6) is -0.675. The van der Waals surface area contributed by atoms with Gasteiger partial charge in [0.05, 0.1) is 0 Å². The van der Waals surface area contributed by atoms with Crippen LogP contribution in [0.5, 0.6) is 0 Å². The number of hydrogen-bond donors (Lipinski definition) is 1. The van der Waals surface area contributed by atoms with Crippen molar-refractivity contribution in [1.29, 1.82) is 0 Å². The molecule has 0 saturated heterocycles. The van der Waals surface area contributed by atoms with Crippen molar-refractivity contribution in [3.63, 3.8) is 0 Å². The summed E-state index contributed by atoms with van der Waals surface area (Å²) in [5, 5.41) is 8.58. The summed E-state index contributed by atoms with van der Waals surface area (Å²) in [4.78, 5) is 10.4. The van der Waals surface area contributed by atoms with Crippen LogP contribution in [0.3, 0.4) is 0 Å². The fraction of sp³-hybridized carbons (Fsp3) is 0.632. The molecule has 0 radical (unpaired) electrons. The van der Waals surface area contributed by atoms with E-state index in [-0.39, 0.29) is 0 Å². The van der Waals surface area contributed by atoms with Gasteiger partial charge in [-0.05, 0) is 43.2 Å². The van der Waals surface area contributed by atoms with E-state index in [1.165, 1.54) is 49.7 Å². The summed E-state index contributed by atoms with van der Waals surface area (Å²) in [6.45, 7) is 2.25. The van der Waals surface area contributed by atoms with E-state index in [1.54, 1.807) is 0 Å². The van der Waals surface area contributed by atoms with E-state index in [0.29, 0.717) is 6.42 Å². The Labute approximate surface area is 129 Å². The highest BCUT2D eigenvalue weighted by Gasteiger charge is 1.99. The molecule has 0 aliphatic rings. The number of unbranched alkanes of at least 4 members (excludes halogenated alkanes) is 6. The van der Waals surface area contributed by atoms with E-state index in [9.17, 15) is 4.79 Å². The third kappa shape index (κ3) is 9.28. The average Bonchev–Trinajstić information content (AvgIpc) is 2.47. The first-order valence-corrected chi connectivity index (χ1v) is 8.52. The van der Waals surface area contributed by atoms with Gasteiger partial charge in [-0.1, -0.05) is 63.3 Å². The van der Waals surface area contributed by atoms with Gasteiger partial charge in [0.1, 0.15) is 0 Å². The van der Waals surface area contributed by atoms with Gasteiger partial charge >= 0.3 is 5.97 Å². The molecule has 118 valence electrons. The van der Waals surface area contributed by atoms with E-state index < -0.39 is 5.97 Å². The first-order chi connectivity index (χ1) is 10.2. The lowest BCUT2D eigenvalue weighted by atomic mass is 10.0. The van der Waals surface area contributed by atoms with E-state index in [2.05, 4.69) is 31.2 Å². The zero-order valence-corrected chi connectivity index (χ0v) is 13.4. The van der Waals surface area contributed by atoms with Crippen LogP contribution < -0.4 is 0 Å². The first-order valence-electron chi connectivity index (χ1n) is 8.52. The molecule has 21 heavy (non-hydrogen) atoms. The molecule has 2 heteroatoms. The molecule has 1 rings (SSSR count). The standard InChI is InChI=1S/C19H30O2/c1-2-3-4-7-11-17-13-10-14-18(16-17)12-8-5-6-9-15-19(20)21/h10,13-14,16H,2-9,11-12,15H2,1H3,(H,20,21). The first kappa shape index (κ1) is 17.7. The maximum Gasteiger partial charge on any atom is 0.303 e. The molecule has 0 aliphatic heterocycles. The number of carbonyl (C=O) groups is 1. The Bertz CT molecular complexity index is 398. The Morgan fingerprint density at radius 2 is 1.48 bits per heavy atom. The zero-order chi connectivity index (χ0) is 15.3. The van der Waals surface area contributed by atoms with Crippen LogP contribution in [0.1, 0.15) is 75.8 Å². The molecule has 0 heterocycles. The second-order valence-corrected chi connectivity index (χ2v) is 5.94. The van der Waals surface area contributed by atoms with Crippen molar-refractivity contribution in [2.24, 2.45) is 0 Å². The normalized spacial score (nSPS) is 10.7. The van der Waals surface area contributed by atoms with E-state index in [4.69, 9.17) is 5.11 Å². The molecule has 1 N–H and O–H groups in total. The van der Waals surface area contributed by atoms with Crippen molar-refractivity contribution in [3.8, 4) is 0 Å². The summed E-state index contributed by atoms with van der Waals surface area (Å²) in [5.41, 5.74) is 2.90. The minimum atomic E-state index is -0.675. The van der Waals surface area contributed by atoms with Crippen LogP contribution in [0.4, 0.5) is 0 Å². The number of benzene rings is 1. The van der Waals surface area contributed by atoms with Gasteiger partial charge < -0.3 is 5.11 Å². The molecule has 1 aromatic rings. The van der Waals surface area contributed by atoms with Gasteiger partial charge in [-0.15, -0.1) is 0 Å². The summed E-state index contributed by atoms with van der Waals surface area (Å²) < 4.78 is 0. The molecule has 0 aliphatic carbocycles. The van der Waals surface area contributed by atoms with Crippen molar-refractivity contribution >= 4 is 5.97 Å². The van der Waals surface area contributed by atoms with Crippen LogP contribution in [0.25, 0.3) is 0 Å². The molecule has 0 atom stereocenters. The molecule has 0 spiro atoms. The maximum absolute atomic E-state index is 10.4. The number of aliphatic carboxylic acids is 1. The molecule has 0 saturated carbocycles. The smallest absolute Gasteiger partial charge is 0.303 e. The molecule has 1 aromatic carbocycles. The lowest BCUT2D eigenvalue weighted by Gasteiger charge is -2.06. The second-order valence-electron chi connectivity index (χ2n) is 5.94. The van der Waals surface area contributed by atoms with Crippen molar-refractivity contribution in [2.45, 2.75) is 77.6 Å². The van der Waals surface area contributed by atoms with Gasteiger partial charge in [-0.3, -0.25) is 4.79 Å². The Balaban J connectivity index is 2.18. The van der Waals surface area contributed by atoms with Crippen LogP contribution in [0, 0.1) is 0 Å². The Morgan fingerprint density at radius 1 is 0.905 bits per heavy atom. The average molecular weight is 290 g/mol. The number of carboxylic acid groups (broad SMARTS) is 1. The van der Waals surface area contributed by atoms with Crippen LogP contribution in [0.2, 0.25) is 0 Å². The fourth-order valence-electron chi connectivity index (χ4n) is 2.66. The van der Waals surface area contributed by atoms with Gasteiger partial charge in [0, 0.05) is 6.42 Å². The minimum Gasteiger partial charge on any atom is -0.481 e. The van der Waals surface area contributed by atoms with Gasteiger partial charge in [-0.2, -0.15) is 0 Å². The SMILES string of the molecule is CCCCCCc1cccc(CCCCCCC(=O)O)c1. The Hall–Kier alpha value is -1.31. The zero-order valence-electron chi connectivity index (χ0n) is 13.4. The molecule has 0 aromatic heterocycles. The lowest BCUT2D eigenvalue weighted by molar-refractivity contribution is -0.137. The summed E-state index contributed by atoms with van der Waals surface area (Å²) in [6, 6.07) is 8.98. The van der Waals surface area contributed by atoms with Gasteiger partial charge in [0.15, 0.2) is 0 Å². The molecule has 0 amide bonds. The number of carboxylic acids is 1. The minimum absolute atomic E-state index is 0.313. The monoisotopic (exact) mass is 290 g/mol. The number of rotatable bonds is 12. The summed E-state index contributed by atoms with van der Waals surface area (Å²) in [6.07, 6.45) is 12.0. The number of aryl methyl sites for hydroxylation is 2. The predicted octanol–water partition coefficient (Wildman–Crippen LogP) is 5.39. The van der Waals surface area contributed by atoms with Crippen LogP contribution in [-0.4, -0.2) is 11.1 Å². The Morgan fingerprint density at radius 3 is 2.05 bits per heavy atom. The molecular weight excluding hydrogens is 260 g/mol. The molecule has 0 fully saturated rings. The van der Waals surface area contributed by atoms with Crippen molar-refractivity contribution in [2.75, 3.05) is 0 Å². The van der Waals surface area contributed by atoms with E-state index in [1.807, 2.05) is 0 Å². The molecule has 0 bridgehead atoms. The highest BCUT2D eigenvalue weighted by atomic mass is 16.4. The van der Waals surface area contributed by atoms with E-state index >= 15 is 0 Å². The third-order valence-electron chi connectivity index (χ3n) is 3.92. The Kier molecular flexibility index (Phi) is 9.60. The van der Waals surface area contributed by atoms with Crippen LogP contribution >= 0.6 is 0 Å². The summed E-state index contributed by atoms with van der Waals surface area (Å²) in [7, 11) is 0. The topological polar surface area (TPSA) is 37.3 Å². The quantitative estimate of drug-likeness (QED) is 0.524. The number of hydrogen-bond acceptors (Lipinski definition) is 1. The third-order valence-corrected chi connectivity index (χ3v) is 3.92. The fourth-order valence-corrected chi connectivity index (χ4v) is 2.66. The molecule has 0 unspecified atom stereocenters.